The first-order valence-corrected chi connectivity index (χ1v) is 5.30. The summed E-state index contributed by atoms with van der Waals surface area (Å²) in [6, 6.07) is -0.380. The summed E-state index contributed by atoms with van der Waals surface area (Å²) >= 11 is 0. The Morgan fingerprint density at radius 1 is 1.29 bits per heavy atom. The van der Waals surface area contributed by atoms with Gasteiger partial charge in [-0.05, 0) is 21.0 Å². The molecule has 0 bridgehead atoms. The lowest BCUT2D eigenvalue weighted by Gasteiger charge is -2.21. The van der Waals surface area contributed by atoms with E-state index in [4.69, 9.17) is 10.2 Å². The Kier molecular flexibility index (Phi) is 14.9. The van der Waals surface area contributed by atoms with Crippen molar-refractivity contribution in [3.05, 3.63) is 0 Å². The molecule has 1 unspecified atom stereocenters. The van der Waals surface area contributed by atoms with Crippen molar-refractivity contribution in [3.8, 4) is 0 Å². The summed E-state index contributed by atoms with van der Waals surface area (Å²) in [4.78, 5) is 11.7. The molecule has 2 N–H and O–H groups in total. The standard InChI is InChI=1S/C5H11NO2.C5H14NO.CH3F/c1-4(5(7)8)6(2)3;1-6(2,3)4-5-7;1-2/h4H,1-3H3,(H,7,8);7H,4-5H2,1-3H3;1H3/q;+1;. The SMILES string of the molecule is CC(C(=O)O)N(C)C.CF.C[N+](C)(C)CCO. The van der Waals surface area contributed by atoms with Crippen molar-refractivity contribution in [2.45, 2.75) is 13.0 Å². The quantitative estimate of drug-likeness (QED) is 0.709. The molecule has 0 spiro atoms. The Balaban J connectivity index is -0.000000202. The van der Waals surface area contributed by atoms with E-state index in [1.165, 1.54) is 0 Å². The molecule has 1 atom stereocenters. The number of carboxylic acid groups (broad SMARTS) is 1. The molecule has 0 aliphatic carbocycles. The average molecular weight is 255 g/mol. The summed E-state index contributed by atoms with van der Waals surface area (Å²) in [6.07, 6.45) is 0. The van der Waals surface area contributed by atoms with Gasteiger partial charge in [-0.15, -0.1) is 0 Å². The second-order valence-electron chi connectivity index (χ2n) is 4.72. The van der Waals surface area contributed by atoms with Crippen molar-refractivity contribution in [1.82, 2.24) is 4.90 Å². The smallest absolute Gasteiger partial charge is 0.320 e. The predicted octanol–water partition coefficient (Wildman–Crippen LogP) is 0.292. The molecule has 0 aliphatic heterocycles. The molecule has 0 aromatic carbocycles. The lowest BCUT2D eigenvalue weighted by molar-refractivity contribution is -0.870. The first kappa shape index (κ1) is 21.6. The van der Waals surface area contributed by atoms with E-state index in [1.807, 2.05) is 0 Å². The Morgan fingerprint density at radius 3 is 1.65 bits per heavy atom. The van der Waals surface area contributed by atoms with Crippen LogP contribution in [0.5, 0.6) is 0 Å². The molecule has 0 saturated heterocycles. The lowest BCUT2D eigenvalue weighted by Crippen LogP contribution is -2.36. The van der Waals surface area contributed by atoms with E-state index in [0.717, 1.165) is 11.0 Å². The number of nitrogens with zero attached hydrogens (tertiary/aromatic N) is 2. The predicted molar refractivity (Wildman–Crippen MR) is 67.8 cm³/mol. The van der Waals surface area contributed by atoms with Gasteiger partial charge in [-0.25, -0.2) is 0 Å². The van der Waals surface area contributed by atoms with Crippen LogP contribution in [0.3, 0.4) is 0 Å². The highest BCUT2D eigenvalue weighted by atomic mass is 19.1. The van der Waals surface area contributed by atoms with Crippen LogP contribution in [-0.2, 0) is 4.79 Å². The van der Waals surface area contributed by atoms with Crippen LogP contribution in [0, 0.1) is 0 Å². The first-order valence-electron chi connectivity index (χ1n) is 5.30. The van der Waals surface area contributed by atoms with Gasteiger partial charge in [0.2, 0.25) is 0 Å². The minimum atomic E-state index is -0.782. The molecule has 0 amide bonds. The van der Waals surface area contributed by atoms with Crippen LogP contribution in [0.4, 0.5) is 4.39 Å². The van der Waals surface area contributed by atoms with Gasteiger partial charge >= 0.3 is 5.97 Å². The number of rotatable bonds is 4. The van der Waals surface area contributed by atoms with Gasteiger partial charge in [-0.2, -0.15) is 0 Å². The monoisotopic (exact) mass is 255 g/mol. The van der Waals surface area contributed by atoms with Gasteiger partial charge in [0.1, 0.15) is 12.6 Å². The van der Waals surface area contributed by atoms with Gasteiger partial charge in [-0.3, -0.25) is 14.1 Å². The number of quaternary nitrogens is 1. The molecule has 0 aromatic heterocycles. The number of aliphatic carboxylic acids is 1. The van der Waals surface area contributed by atoms with E-state index >= 15 is 0 Å². The van der Waals surface area contributed by atoms with E-state index in [1.54, 1.807) is 25.9 Å². The third kappa shape index (κ3) is 21.2. The molecule has 106 valence electrons. The fourth-order valence-corrected chi connectivity index (χ4v) is 0.521. The van der Waals surface area contributed by atoms with E-state index in [2.05, 4.69) is 21.1 Å². The molecule has 6 heteroatoms. The Labute approximate surface area is 104 Å². The number of aliphatic hydroxyl groups excluding tert-OH is 1. The van der Waals surface area contributed by atoms with Gasteiger partial charge in [0.25, 0.3) is 0 Å². The van der Waals surface area contributed by atoms with E-state index in [9.17, 15) is 9.18 Å². The van der Waals surface area contributed by atoms with Crippen molar-refractivity contribution < 1.29 is 23.9 Å². The van der Waals surface area contributed by atoms with Crippen molar-refractivity contribution >= 4 is 5.97 Å². The zero-order valence-corrected chi connectivity index (χ0v) is 12.1. The third-order valence-corrected chi connectivity index (χ3v) is 1.90. The summed E-state index contributed by atoms with van der Waals surface area (Å²) in [5, 5.41) is 16.7. The Bertz CT molecular complexity index is 182. The van der Waals surface area contributed by atoms with Crippen LogP contribution in [-0.4, -0.2) is 87.2 Å². The average Bonchev–Trinajstić information content (AvgIpc) is 2.18. The zero-order chi connectivity index (χ0) is 14.6. The number of hydrogen-bond donors (Lipinski definition) is 2. The topological polar surface area (TPSA) is 60.8 Å². The van der Waals surface area contributed by atoms with Crippen LogP contribution in [0.25, 0.3) is 0 Å². The lowest BCUT2D eigenvalue weighted by atomic mass is 10.3. The van der Waals surface area contributed by atoms with Crippen molar-refractivity contribution in [2.75, 3.05) is 55.6 Å². The molecular formula is C11H28FN2O3+. The Hall–Kier alpha value is -0.720. The van der Waals surface area contributed by atoms with E-state index in [0.29, 0.717) is 7.18 Å². The van der Waals surface area contributed by atoms with Crippen LogP contribution in [0.1, 0.15) is 6.92 Å². The van der Waals surface area contributed by atoms with Gasteiger partial charge < -0.3 is 14.7 Å². The molecule has 0 saturated carbocycles. The molecule has 0 radical (unpaired) electrons. The van der Waals surface area contributed by atoms with Crippen LogP contribution in [0.2, 0.25) is 0 Å². The number of halogens is 1. The van der Waals surface area contributed by atoms with Crippen molar-refractivity contribution in [3.63, 3.8) is 0 Å². The number of alkyl halides is 1. The molecule has 5 nitrogen and oxygen atoms in total. The summed E-state index contributed by atoms with van der Waals surface area (Å²) in [5.74, 6) is -0.782. The maximum Gasteiger partial charge on any atom is 0.320 e. The largest absolute Gasteiger partial charge is 0.480 e. The summed E-state index contributed by atoms with van der Waals surface area (Å²) in [5.41, 5.74) is 0. The van der Waals surface area contributed by atoms with Crippen LogP contribution in [0.15, 0.2) is 0 Å². The number of aliphatic hydroxyl groups is 1. The third-order valence-electron chi connectivity index (χ3n) is 1.90. The number of carboxylic acids is 1. The molecule has 0 heterocycles. The number of carbonyl (C=O) groups is 1. The maximum absolute atomic E-state index is 10.1. The maximum atomic E-state index is 10.1. The fraction of sp³-hybridized carbons (Fsp3) is 0.909. The van der Waals surface area contributed by atoms with Crippen LogP contribution >= 0.6 is 0 Å². The molecule has 0 rings (SSSR count). The fourth-order valence-electron chi connectivity index (χ4n) is 0.521. The highest BCUT2D eigenvalue weighted by Crippen LogP contribution is 1.88. The Morgan fingerprint density at radius 2 is 1.65 bits per heavy atom. The normalized spacial score (nSPS) is 11.9. The molecule has 0 aromatic rings. The van der Waals surface area contributed by atoms with Gasteiger partial charge in [0.05, 0.1) is 34.9 Å². The molecular weight excluding hydrogens is 227 g/mol. The molecule has 0 fully saturated rings. The second kappa shape index (κ2) is 11.8. The molecule has 17 heavy (non-hydrogen) atoms. The van der Waals surface area contributed by atoms with Gasteiger partial charge in [0.15, 0.2) is 0 Å². The highest BCUT2D eigenvalue weighted by molar-refractivity contribution is 5.72. The zero-order valence-electron chi connectivity index (χ0n) is 12.1. The van der Waals surface area contributed by atoms with Crippen molar-refractivity contribution in [2.24, 2.45) is 0 Å². The van der Waals surface area contributed by atoms with Gasteiger partial charge in [-0.1, -0.05) is 0 Å². The minimum Gasteiger partial charge on any atom is -0.480 e. The minimum absolute atomic E-state index is 0.281. The summed E-state index contributed by atoms with van der Waals surface area (Å²) in [6.45, 7) is 2.76. The van der Waals surface area contributed by atoms with Gasteiger partial charge in [0, 0.05) is 0 Å². The second-order valence-corrected chi connectivity index (χ2v) is 4.72. The number of hydrogen-bond acceptors (Lipinski definition) is 3. The van der Waals surface area contributed by atoms with Crippen molar-refractivity contribution in [1.29, 1.82) is 0 Å². The number of likely N-dealkylation sites (N-methyl/N-ethyl adjacent to an activating group) is 2. The summed E-state index contributed by atoms with van der Waals surface area (Å²) in [7, 11) is 10.1. The first-order chi connectivity index (χ1) is 7.61. The van der Waals surface area contributed by atoms with E-state index < -0.39 is 5.97 Å². The summed E-state index contributed by atoms with van der Waals surface area (Å²) < 4.78 is 10.3. The highest BCUT2D eigenvalue weighted by Gasteiger charge is 2.11. The van der Waals surface area contributed by atoms with E-state index in [-0.39, 0.29) is 12.6 Å². The van der Waals surface area contributed by atoms with Crippen LogP contribution < -0.4 is 0 Å². The molecule has 0 aliphatic rings.